The normalized spacial score (nSPS) is 11.4. The minimum atomic E-state index is -0.105. The van der Waals surface area contributed by atoms with Crippen LogP contribution < -0.4 is 10.1 Å². The fourth-order valence-electron chi connectivity index (χ4n) is 1.65. The number of hydrogen-bond acceptors (Lipinski definition) is 5. The van der Waals surface area contributed by atoms with E-state index in [0.29, 0.717) is 12.5 Å². The van der Waals surface area contributed by atoms with Gasteiger partial charge in [0.25, 0.3) is 0 Å². The molecule has 2 aromatic rings. The molecule has 0 spiro atoms. The van der Waals surface area contributed by atoms with Crippen molar-refractivity contribution in [2.75, 3.05) is 11.9 Å². The zero-order valence-electron chi connectivity index (χ0n) is 12.4. The van der Waals surface area contributed by atoms with E-state index in [2.05, 4.69) is 42.1 Å². The van der Waals surface area contributed by atoms with E-state index in [-0.39, 0.29) is 5.41 Å². The molecule has 0 atom stereocenters. The van der Waals surface area contributed by atoms with Crippen molar-refractivity contribution in [2.45, 2.75) is 39.7 Å². The summed E-state index contributed by atoms with van der Waals surface area (Å²) in [6, 6.07) is 5.93. The number of ether oxygens (including phenoxy) is 1. The number of hydrogen-bond donors (Lipinski definition) is 1. The molecule has 0 saturated carbocycles. The number of rotatable bonds is 5. The highest BCUT2D eigenvalue weighted by Crippen LogP contribution is 2.24. The first-order valence-electron chi connectivity index (χ1n) is 6.77. The van der Waals surface area contributed by atoms with Crippen molar-refractivity contribution in [3.8, 4) is 5.88 Å². The molecule has 1 N–H and O–H groups in total. The molecule has 0 fully saturated rings. The molecule has 20 heavy (non-hydrogen) atoms. The van der Waals surface area contributed by atoms with Gasteiger partial charge in [0.2, 0.25) is 5.88 Å². The van der Waals surface area contributed by atoms with E-state index in [1.165, 1.54) is 4.88 Å². The van der Waals surface area contributed by atoms with Crippen LogP contribution in [-0.4, -0.2) is 16.5 Å². The number of nitrogens with one attached hydrogen (secondary N) is 1. The summed E-state index contributed by atoms with van der Waals surface area (Å²) in [5.41, 5.74) is -0.105. The van der Waals surface area contributed by atoms with Crippen LogP contribution in [0.5, 0.6) is 5.88 Å². The van der Waals surface area contributed by atoms with Gasteiger partial charge in [0.05, 0.1) is 0 Å². The summed E-state index contributed by atoms with van der Waals surface area (Å²) in [5.74, 6) is 2.22. The van der Waals surface area contributed by atoms with Gasteiger partial charge in [0.1, 0.15) is 18.2 Å². The highest BCUT2D eigenvalue weighted by Gasteiger charge is 2.19. The Balaban J connectivity index is 2.20. The second-order valence-electron chi connectivity index (χ2n) is 5.56. The van der Waals surface area contributed by atoms with Crippen molar-refractivity contribution in [3.05, 3.63) is 34.3 Å². The summed E-state index contributed by atoms with van der Waals surface area (Å²) in [5, 5.41) is 5.27. The molecular weight excluding hydrogens is 270 g/mol. The summed E-state index contributed by atoms with van der Waals surface area (Å²) in [7, 11) is 0. The molecule has 2 heterocycles. The van der Waals surface area contributed by atoms with Gasteiger partial charge >= 0.3 is 0 Å². The lowest BCUT2D eigenvalue weighted by Gasteiger charge is -2.18. The van der Waals surface area contributed by atoms with Gasteiger partial charge < -0.3 is 10.1 Å². The first-order valence-corrected chi connectivity index (χ1v) is 7.65. The highest BCUT2D eigenvalue weighted by molar-refractivity contribution is 7.09. The van der Waals surface area contributed by atoms with Crippen molar-refractivity contribution in [2.24, 2.45) is 0 Å². The minimum Gasteiger partial charge on any atom is -0.472 e. The Hall–Kier alpha value is -1.62. The van der Waals surface area contributed by atoms with Gasteiger partial charge in [-0.25, -0.2) is 4.98 Å². The fourth-order valence-corrected chi connectivity index (χ4v) is 2.26. The van der Waals surface area contributed by atoms with Crippen LogP contribution in [-0.2, 0) is 12.0 Å². The van der Waals surface area contributed by atoms with Crippen LogP contribution >= 0.6 is 11.3 Å². The van der Waals surface area contributed by atoms with Gasteiger partial charge in [-0.2, -0.15) is 4.98 Å². The summed E-state index contributed by atoms with van der Waals surface area (Å²) in [6.45, 7) is 9.71. The molecule has 0 radical (unpaired) electrons. The Morgan fingerprint density at radius 3 is 2.70 bits per heavy atom. The second-order valence-corrected chi connectivity index (χ2v) is 6.60. The SMILES string of the molecule is CCNc1cc(OCc2cccs2)nc(C(C)(C)C)n1. The van der Waals surface area contributed by atoms with E-state index in [1.807, 2.05) is 24.4 Å². The van der Waals surface area contributed by atoms with Gasteiger partial charge in [-0.1, -0.05) is 26.8 Å². The van der Waals surface area contributed by atoms with Crippen molar-refractivity contribution < 1.29 is 4.74 Å². The molecule has 2 aromatic heterocycles. The van der Waals surface area contributed by atoms with Crippen LogP contribution in [0.2, 0.25) is 0 Å². The van der Waals surface area contributed by atoms with Crippen molar-refractivity contribution in [1.29, 1.82) is 0 Å². The lowest BCUT2D eigenvalue weighted by atomic mass is 9.96. The Kier molecular flexibility index (Phi) is 4.60. The topological polar surface area (TPSA) is 47.0 Å². The van der Waals surface area contributed by atoms with E-state index in [0.717, 1.165) is 18.2 Å². The third-order valence-corrected chi connectivity index (χ3v) is 3.52. The Bertz CT molecular complexity index is 547. The average molecular weight is 291 g/mol. The molecule has 0 bridgehead atoms. The first-order chi connectivity index (χ1) is 9.49. The molecule has 0 aliphatic carbocycles. The molecule has 0 aliphatic rings. The smallest absolute Gasteiger partial charge is 0.219 e. The van der Waals surface area contributed by atoms with Gasteiger partial charge in [0.15, 0.2) is 0 Å². The largest absolute Gasteiger partial charge is 0.472 e. The van der Waals surface area contributed by atoms with Gasteiger partial charge in [-0.15, -0.1) is 11.3 Å². The monoisotopic (exact) mass is 291 g/mol. The van der Waals surface area contributed by atoms with Crippen LogP contribution in [0, 0.1) is 0 Å². The van der Waals surface area contributed by atoms with Crippen LogP contribution in [0.4, 0.5) is 5.82 Å². The molecule has 0 aliphatic heterocycles. The molecule has 0 amide bonds. The number of nitrogens with zero attached hydrogens (tertiary/aromatic N) is 2. The quantitative estimate of drug-likeness (QED) is 0.909. The maximum atomic E-state index is 5.79. The van der Waals surface area contributed by atoms with Crippen molar-refractivity contribution in [1.82, 2.24) is 9.97 Å². The number of anilines is 1. The van der Waals surface area contributed by atoms with Crippen LogP contribution in [0.25, 0.3) is 0 Å². The number of thiophene rings is 1. The maximum absolute atomic E-state index is 5.79. The van der Waals surface area contributed by atoms with E-state index in [1.54, 1.807) is 11.3 Å². The third-order valence-electron chi connectivity index (χ3n) is 2.67. The predicted octanol–water partition coefficient (Wildman–Crippen LogP) is 3.85. The van der Waals surface area contributed by atoms with E-state index in [4.69, 9.17) is 4.74 Å². The second kappa shape index (κ2) is 6.22. The Morgan fingerprint density at radius 2 is 2.10 bits per heavy atom. The molecular formula is C15H21N3OS. The van der Waals surface area contributed by atoms with Crippen LogP contribution in [0.15, 0.2) is 23.6 Å². The Morgan fingerprint density at radius 1 is 1.30 bits per heavy atom. The highest BCUT2D eigenvalue weighted by atomic mass is 32.1. The van der Waals surface area contributed by atoms with E-state index >= 15 is 0 Å². The zero-order chi connectivity index (χ0) is 14.6. The molecule has 4 nitrogen and oxygen atoms in total. The zero-order valence-corrected chi connectivity index (χ0v) is 13.3. The fraction of sp³-hybridized carbons (Fsp3) is 0.467. The standard InChI is InChI=1S/C15H21N3OS/c1-5-16-12-9-13(18-14(17-12)15(2,3)4)19-10-11-7-6-8-20-11/h6-9H,5,10H2,1-4H3,(H,16,17,18). The summed E-state index contributed by atoms with van der Waals surface area (Å²) in [6.07, 6.45) is 0. The molecule has 5 heteroatoms. The number of aromatic nitrogens is 2. The van der Waals surface area contributed by atoms with E-state index < -0.39 is 0 Å². The van der Waals surface area contributed by atoms with Crippen LogP contribution in [0.1, 0.15) is 38.4 Å². The van der Waals surface area contributed by atoms with E-state index in [9.17, 15) is 0 Å². The van der Waals surface area contributed by atoms with Crippen molar-refractivity contribution in [3.63, 3.8) is 0 Å². The first kappa shape index (κ1) is 14.8. The maximum Gasteiger partial charge on any atom is 0.219 e. The minimum absolute atomic E-state index is 0.105. The lowest BCUT2D eigenvalue weighted by Crippen LogP contribution is -2.18. The van der Waals surface area contributed by atoms with Gasteiger partial charge in [0, 0.05) is 22.9 Å². The Labute approximate surface area is 124 Å². The lowest BCUT2D eigenvalue weighted by molar-refractivity contribution is 0.293. The molecule has 0 aromatic carbocycles. The average Bonchev–Trinajstić information content (AvgIpc) is 2.88. The molecule has 108 valence electrons. The predicted molar refractivity (Wildman–Crippen MR) is 83.5 cm³/mol. The van der Waals surface area contributed by atoms with Gasteiger partial charge in [-0.3, -0.25) is 0 Å². The molecule has 2 rings (SSSR count). The molecule has 0 saturated heterocycles. The summed E-state index contributed by atoms with van der Waals surface area (Å²) < 4.78 is 5.79. The third kappa shape index (κ3) is 3.93. The molecule has 0 unspecified atom stereocenters. The van der Waals surface area contributed by atoms with Crippen molar-refractivity contribution >= 4 is 17.2 Å². The summed E-state index contributed by atoms with van der Waals surface area (Å²) in [4.78, 5) is 10.2. The summed E-state index contributed by atoms with van der Waals surface area (Å²) >= 11 is 1.68. The van der Waals surface area contributed by atoms with Gasteiger partial charge in [-0.05, 0) is 18.4 Å². The van der Waals surface area contributed by atoms with Crippen LogP contribution in [0.3, 0.4) is 0 Å².